The van der Waals surface area contributed by atoms with Crippen molar-refractivity contribution < 1.29 is 14.6 Å². The number of fused-ring (bicyclic) bond motifs is 4. The van der Waals surface area contributed by atoms with Crippen LogP contribution in [0.4, 0.5) is 0 Å². The number of nitrogens with zero attached hydrogens (tertiary/aromatic N) is 1. The fourth-order valence-electron chi connectivity index (χ4n) is 5.59. The first-order chi connectivity index (χ1) is 13.7. The van der Waals surface area contributed by atoms with E-state index < -0.39 is 6.10 Å². The van der Waals surface area contributed by atoms with Crippen LogP contribution in [0.3, 0.4) is 0 Å². The number of hydrogen-bond acceptors (Lipinski definition) is 3. The summed E-state index contributed by atoms with van der Waals surface area (Å²) in [5, 5.41) is 11.9. The topological polar surface area (TPSA) is 65.6 Å². The maximum absolute atomic E-state index is 12.9. The molecule has 28 heavy (non-hydrogen) atoms. The third kappa shape index (κ3) is 2.96. The van der Waals surface area contributed by atoms with Crippen LogP contribution in [0, 0.1) is 5.92 Å². The fourth-order valence-corrected chi connectivity index (χ4v) is 5.59. The highest BCUT2D eigenvalue weighted by molar-refractivity contribution is 5.85. The largest absolute Gasteiger partial charge is 0.383 e. The lowest BCUT2D eigenvalue weighted by Crippen LogP contribution is -2.52. The molecule has 0 unspecified atom stereocenters. The Kier molecular flexibility index (Phi) is 4.68. The Morgan fingerprint density at radius 1 is 1.18 bits per heavy atom. The van der Waals surface area contributed by atoms with Crippen molar-refractivity contribution in [2.75, 3.05) is 19.7 Å². The van der Waals surface area contributed by atoms with E-state index in [1.54, 1.807) is 0 Å². The standard InChI is InChI=1S/C23H30N2O3/c26-20(16-6-2-1-3-7-16)22(27)25-13-11-23(12-14-25)21-18(10-15-28-23)17-8-4-5-9-19(17)24-21/h4-5,8-9,16,20,24,26H,1-3,6-7,10-15H2/t20-/m1/s1. The molecule has 5 heteroatoms. The summed E-state index contributed by atoms with van der Waals surface area (Å²) in [6.07, 6.45) is 7.14. The van der Waals surface area contributed by atoms with Crippen LogP contribution in [0.15, 0.2) is 24.3 Å². The average molecular weight is 383 g/mol. The Morgan fingerprint density at radius 2 is 1.93 bits per heavy atom. The van der Waals surface area contributed by atoms with Gasteiger partial charge in [-0.15, -0.1) is 0 Å². The van der Waals surface area contributed by atoms with E-state index in [1.807, 2.05) is 4.90 Å². The zero-order valence-corrected chi connectivity index (χ0v) is 16.5. The van der Waals surface area contributed by atoms with E-state index >= 15 is 0 Å². The number of piperidine rings is 1. The number of aromatic nitrogens is 1. The number of likely N-dealkylation sites (tertiary alicyclic amines) is 1. The number of aliphatic hydroxyl groups excluding tert-OH is 1. The number of H-pyrrole nitrogens is 1. The van der Waals surface area contributed by atoms with Crippen molar-refractivity contribution in [3.63, 3.8) is 0 Å². The first kappa shape index (κ1) is 18.2. The van der Waals surface area contributed by atoms with Crippen LogP contribution in [0.5, 0.6) is 0 Å². The Balaban J connectivity index is 1.33. The molecular formula is C23H30N2O3. The monoisotopic (exact) mass is 382 g/mol. The number of ether oxygens (including phenoxy) is 1. The summed E-state index contributed by atoms with van der Waals surface area (Å²) in [5.74, 6) is 0.0674. The first-order valence-electron chi connectivity index (χ1n) is 10.9. The second-order valence-electron chi connectivity index (χ2n) is 8.79. The van der Waals surface area contributed by atoms with Gasteiger partial charge in [0.2, 0.25) is 0 Å². The van der Waals surface area contributed by atoms with Crippen molar-refractivity contribution in [3.05, 3.63) is 35.5 Å². The van der Waals surface area contributed by atoms with Crippen molar-refractivity contribution in [1.29, 1.82) is 0 Å². The highest BCUT2D eigenvalue weighted by Crippen LogP contribution is 2.43. The van der Waals surface area contributed by atoms with Crippen LogP contribution in [0.2, 0.25) is 0 Å². The molecule has 1 saturated carbocycles. The minimum atomic E-state index is -0.828. The van der Waals surface area contributed by atoms with Crippen molar-refractivity contribution in [1.82, 2.24) is 9.88 Å². The molecule has 2 aromatic rings. The fraction of sp³-hybridized carbons (Fsp3) is 0.609. The molecule has 2 fully saturated rings. The molecule has 5 nitrogen and oxygen atoms in total. The third-order valence-electron chi connectivity index (χ3n) is 7.23. The van der Waals surface area contributed by atoms with Gasteiger partial charge in [0, 0.05) is 24.0 Å². The van der Waals surface area contributed by atoms with Gasteiger partial charge in [-0.05, 0) is 49.7 Å². The van der Waals surface area contributed by atoms with Crippen molar-refractivity contribution >= 4 is 16.8 Å². The molecule has 0 bridgehead atoms. The maximum atomic E-state index is 12.9. The van der Waals surface area contributed by atoms with E-state index in [9.17, 15) is 9.90 Å². The number of aromatic amines is 1. The van der Waals surface area contributed by atoms with Crippen molar-refractivity contribution in [3.8, 4) is 0 Å². The number of nitrogens with one attached hydrogen (secondary N) is 1. The predicted molar refractivity (Wildman–Crippen MR) is 108 cm³/mol. The van der Waals surface area contributed by atoms with Crippen LogP contribution >= 0.6 is 0 Å². The molecule has 2 N–H and O–H groups in total. The molecule has 1 aliphatic carbocycles. The zero-order valence-electron chi connectivity index (χ0n) is 16.5. The van der Waals surface area contributed by atoms with E-state index in [0.717, 1.165) is 51.6 Å². The number of rotatable bonds is 2. The Labute approximate surface area is 166 Å². The quantitative estimate of drug-likeness (QED) is 0.835. The van der Waals surface area contributed by atoms with Crippen molar-refractivity contribution in [2.24, 2.45) is 5.92 Å². The van der Waals surface area contributed by atoms with Gasteiger partial charge in [0.1, 0.15) is 11.7 Å². The second-order valence-corrected chi connectivity index (χ2v) is 8.79. The Morgan fingerprint density at radius 3 is 2.71 bits per heavy atom. The summed E-state index contributed by atoms with van der Waals surface area (Å²) in [6.45, 7) is 2.03. The number of benzene rings is 1. The lowest BCUT2D eigenvalue weighted by molar-refractivity contribution is -0.152. The van der Waals surface area contributed by atoms with Gasteiger partial charge in [-0.25, -0.2) is 0 Å². The number of carbonyl (C=O) groups is 1. The van der Waals surface area contributed by atoms with Gasteiger partial charge >= 0.3 is 0 Å². The molecule has 0 radical (unpaired) electrons. The number of carbonyl (C=O) groups excluding carboxylic acids is 1. The predicted octanol–water partition coefficient (Wildman–Crippen LogP) is 3.50. The van der Waals surface area contributed by atoms with Crippen molar-refractivity contribution in [2.45, 2.75) is 63.1 Å². The van der Waals surface area contributed by atoms with E-state index in [4.69, 9.17) is 4.74 Å². The number of hydrogen-bond donors (Lipinski definition) is 2. The van der Waals surface area contributed by atoms with E-state index in [1.165, 1.54) is 28.6 Å². The van der Waals surface area contributed by atoms with Gasteiger partial charge in [0.25, 0.3) is 5.91 Å². The smallest absolute Gasteiger partial charge is 0.251 e. The van der Waals surface area contributed by atoms with E-state index in [2.05, 4.69) is 29.2 Å². The summed E-state index contributed by atoms with van der Waals surface area (Å²) in [6, 6.07) is 8.46. The van der Waals surface area contributed by atoms with Gasteiger partial charge in [0.05, 0.1) is 12.3 Å². The van der Waals surface area contributed by atoms with E-state index in [0.29, 0.717) is 13.1 Å². The molecule has 1 atom stereocenters. The molecule has 2 aliphatic heterocycles. The van der Waals surface area contributed by atoms with E-state index in [-0.39, 0.29) is 17.4 Å². The van der Waals surface area contributed by atoms with Crippen LogP contribution < -0.4 is 0 Å². The SMILES string of the molecule is O=C([C@H](O)C1CCCCC1)N1CCC2(CC1)OCCc1c2[nH]c2ccccc12. The Bertz CT molecular complexity index is 860. The van der Waals surface area contributed by atoms with Crippen LogP contribution in [-0.4, -0.2) is 46.7 Å². The minimum Gasteiger partial charge on any atom is -0.383 e. The van der Waals surface area contributed by atoms with Gasteiger partial charge in [0.15, 0.2) is 0 Å². The molecular weight excluding hydrogens is 352 g/mol. The summed E-state index contributed by atoms with van der Waals surface area (Å²) in [5.41, 5.74) is 3.44. The zero-order chi connectivity index (χ0) is 19.1. The molecule has 1 saturated heterocycles. The highest BCUT2D eigenvalue weighted by atomic mass is 16.5. The minimum absolute atomic E-state index is 0.0746. The summed E-state index contributed by atoms with van der Waals surface area (Å²) >= 11 is 0. The highest BCUT2D eigenvalue weighted by Gasteiger charge is 2.44. The van der Waals surface area contributed by atoms with Gasteiger partial charge in [-0.1, -0.05) is 37.5 Å². The van der Waals surface area contributed by atoms with Crippen LogP contribution in [-0.2, 0) is 21.6 Å². The Hall–Kier alpha value is -1.85. The molecule has 5 rings (SSSR count). The summed E-state index contributed by atoms with van der Waals surface area (Å²) in [7, 11) is 0. The lowest BCUT2D eigenvalue weighted by atomic mass is 9.82. The van der Waals surface area contributed by atoms with Crippen LogP contribution in [0.1, 0.15) is 56.2 Å². The van der Waals surface area contributed by atoms with Gasteiger partial charge < -0.3 is 19.7 Å². The maximum Gasteiger partial charge on any atom is 0.251 e. The molecule has 1 amide bonds. The molecule has 150 valence electrons. The first-order valence-corrected chi connectivity index (χ1v) is 10.9. The average Bonchev–Trinajstić information content (AvgIpc) is 3.14. The third-order valence-corrected chi connectivity index (χ3v) is 7.23. The molecule has 3 aliphatic rings. The van der Waals surface area contributed by atoms with Gasteiger partial charge in [-0.3, -0.25) is 4.79 Å². The van der Waals surface area contributed by atoms with Crippen LogP contribution in [0.25, 0.3) is 10.9 Å². The normalized spacial score (nSPS) is 23.7. The lowest BCUT2D eigenvalue weighted by Gasteiger charge is -2.44. The molecule has 3 heterocycles. The number of para-hydroxylation sites is 1. The number of amides is 1. The second kappa shape index (κ2) is 7.20. The summed E-state index contributed by atoms with van der Waals surface area (Å²) in [4.78, 5) is 18.4. The molecule has 1 aromatic carbocycles. The molecule has 1 aromatic heterocycles. The number of aliphatic hydroxyl groups is 1. The van der Waals surface area contributed by atoms with Gasteiger partial charge in [-0.2, -0.15) is 0 Å². The summed E-state index contributed by atoms with van der Waals surface area (Å²) < 4.78 is 6.34. The molecule has 1 spiro atoms.